The molecule has 1 saturated carbocycles. The van der Waals surface area contributed by atoms with Gasteiger partial charge in [0.2, 0.25) is 23.6 Å². The number of aromatic nitrogens is 2. The average molecular weight is 773 g/mol. The number of carboxylic acid groups (broad SMARTS) is 1. The first-order chi connectivity index (χ1) is 25.7. The minimum Gasteiger partial charge on any atom is -0.505 e. The number of phenols is 1. The fourth-order valence-corrected chi connectivity index (χ4v) is 10.9. The number of thiophene rings is 1. The van der Waals surface area contributed by atoms with Crippen molar-refractivity contribution in [3.05, 3.63) is 76.1 Å². The molecule has 54 heavy (non-hydrogen) atoms. The lowest BCUT2D eigenvalue weighted by atomic mass is 9.51. The van der Waals surface area contributed by atoms with Crippen LogP contribution in [0.5, 0.6) is 5.75 Å². The highest BCUT2D eigenvalue weighted by Gasteiger charge is 2.68. The van der Waals surface area contributed by atoms with Gasteiger partial charge in [-0.15, -0.1) is 11.3 Å². The summed E-state index contributed by atoms with van der Waals surface area (Å²) in [7, 11) is 1.67. The minimum absolute atomic E-state index is 0.00580. The van der Waals surface area contributed by atoms with Crippen LogP contribution in [0.25, 0.3) is 20.7 Å². The first-order valence-corrected chi connectivity index (χ1v) is 19.3. The average Bonchev–Trinajstić information content (AvgIpc) is 3.79. The minimum atomic E-state index is -1.40. The molecule has 6 atom stereocenters. The van der Waals surface area contributed by atoms with Crippen molar-refractivity contribution in [2.75, 3.05) is 11.4 Å². The summed E-state index contributed by atoms with van der Waals surface area (Å²) in [6, 6.07) is 11.3. The number of aliphatic carboxylic acids is 1. The van der Waals surface area contributed by atoms with Crippen molar-refractivity contribution in [3.63, 3.8) is 0 Å². The van der Waals surface area contributed by atoms with Gasteiger partial charge in [0.05, 0.1) is 28.0 Å². The summed E-state index contributed by atoms with van der Waals surface area (Å²) in [5.74, 6) is -7.41. The van der Waals surface area contributed by atoms with E-state index in [1.807, 2.05) is 31.2 Å². The lowest BCUT2D eigenvalue weighted by Gasteiger charge is -2.49. The number of benzene rings is 2. The number of carboxylic acids is 1. The molecule has 4 aliphatic rings. The van der Waals surface area contributed by atoms with E-state index in [2.05, 4.69) is 0 Å². The second-order valence-corrected chi connectivity index (χ2v) is 16.6. The molecule has 2 aliphatic heterocycles. The molecular weight excluding hydrogens is 735 g/mol. The van der Waals surface area contributed by atoms with Gasteiger partial charge < -0.3 is 10.2 Å². The number of anilines is 1. The van der Waals surface area contributed by atoms with Crippen LogP contribution in [0.1, 0.15) is 62.5 Å². The van der Waals surface area contributed by atoms with E-state index in [4.69, 9.17) is 21.8 Å². The van der Waals surface area contributed by atoms with Gasteiger partial charge in [0.15, 0.2) is 11.6 Å². The molecule has 6 unspecified atom stereocenters. The maximum absolute atomic E-state index is 15.1. The predicted molar refractivity (Wildman–Crippen MR) is 199 cm³/mol. The van der Waals surface area contributed by atoms with Crippen LogP contribution in [0.2, 0.25) is 5.02 Å². The Hall–Kier alpha value is -4.88. The van der Waals surface area contributed by atoms with Gasteiger partial charge in [0, 0.05) is 41.7 Å². The fraction of sp³-hybridized carbons (Fsp3) is 0.400. The molecule has 4 aromatic rings. The Labute approximate surface area is 319 Å². The van der Waals surface area contributed by atoms with E-state index in [9.17, 15) is 29.1 Å². The molecule has 280 valence electrons. The van der Waals surface area contributed by atoms with Crippen molar-refractivity contribution < 1.29 is 38.6 Å². The monoisotopic (exact) mass is 772 g/mol. The van der Waals surface area contributed by atoms with Gasteiger partial charge in [-0.2, -0.15) is 5.10 Å². The number of likely N-dealkylation sites (tertiary alicyclic amines) is 1. The molecule has 14 heteroatoms. The standard InChI is InChI=1S/C40H38ClFN4O7S/c1-19-24-16-21(41)9-13-30(24)54-35(19)28-18-31(44(3)43-28)46-37(51)26-17-25-22(34(40(26,2)39(46)53)20-8-12-29(47)27(42)15-20)10-11-23-33(25)38(52)45(36(23)50)14-6-4-5-7-32(48)49/h8-10,12-13,15-16,18,23,25-26,33-34,47H,4-7,11,14,17H2,1-3H3,(H,48,49). The smallest absolute Gasteiger partial charge is 0.303 e. The van der Waals surface area contributed by atoms with E-state index in [1.54, 1.807) is 26.1 Å². The van der Waals surface area contributed by atoms with Gasteiger partial charge >= 0.3 is 5.97 Å². The second-order valence-electron chi connectivity index (χ2n) is 15.1. The molecule has 2 saturated heterocycles. The highest BCUT2D eigenvalue weighted by atomic mass is 35.5. The first kappa shape index (κ1) is 36.1. The summed E-state index contributed by atoms with van der Waals surface area (Å²) in [5.41, 5.74) is 1.23. The highest BCUT2D eigenvalue weighted by molar-refractivity contribution is 7.22. The second kappa shape index (κ2) is 13.2. The van der Waals surface area contributed by atoms with Crippen LogP contribution >= 0.6 is 22.9 Å². The zero-order chi connectivity index (χ0) is 38.4. The number of carbonyl (C=O) groups is 5. The lowest BCUT2D eigenvalue weighted by molar-refractivity contribution is -0.141. The summed E-state index contributed by atoms with van der Waals surface area (Å²) in [4.78, 5) is 71.8. The Balaban J connectivity index is 1.17. The van der Waals surface area contributed by atoms with Crippen molar-refractivity contribution >= 4 is 68.4 Å². The third kappa shape index (κ3) is 5.41. The van der Waals surface area contributed by atoms with Crippen molar-refractivity contribution in [2.45, 2.75) is 58.3 Å². The molecule has 4 heterocycles. The lowest BCUT2D eigenvalue weighted by Crippen LogP contribution is -2.49. The number of imide groups is 2. The molecule has 2 aliphatic carbocycles. The van der Waals surface area contributed by atoms with Crippen LogP contribution in [0.4, 0.5) is 10.2 Å². The Morgan fingerprint density at radius 1 is 1.04 bits per heavy atom. The summed E-state index contributed by atoms with van der Waals surface area (Å²) in [6.45, 7) is 3.86. The third-order valence-electron chi connectivity index (χ3n) is 12.2. The van der Waals surface area contributed by atoms with Crippen molar-refractivity contribution in [3.8, 4) is 16.3 Å². The number of amides is 4. The van der Waals surface area contributed by atoms with Gasteiger partial charge in [-0.3, -0.25) is 33.6 Å². The molecule has 11 nitrogen and oxygen atoms in total. The van der Waals surface area contributed by atoms with E-state index in [0.717, 1.165) is 20.5 Å². The molecule has 2 N–H and O–H groups in total. The zero-order valence-corrected chi connectivity index (χ0v) is 31.4. The number of hydrogen-bond donors (Lipinski definition) is 2. The Morgan fingerprint density at radius 3 is 2.56 bits per heavy atom. The van der Waals surface area contributed by atoms with E-state index < -0.39 is 64.4 Å². The molecule has 2 aromatic heterocycles. The number of allylic oxidation sites excluding steroid dienone is 2. The maximum atomic E-state index is 15.1. The van der Waals surface area contributed by atoms with Crippen LogP contribution in [-0.4, -0.2) is 61.0 Å². The molecule has 3 fully saturated rings. The quantitative estimate of drug-likeness (QED) is 0.105. The van der Waals surface area contributed by atoms with E-state index in [-0.39, 0.29) is 43.4 Å². The first-order valence-electron chi connectivity index (χ1n) is 18.1. The Kier molecular flexibility index (Phi) is 8.80. The number of nitrogens with zero attached hydrogens (tertiary/aromatic N) is 4. The molecule has 0 bridgehead atoms. The molecule has 2 aromatic carbocycles. The van der Waals surface area contributed by atoms with Crippen LogP contribution in [0.3, 0.4) is 0 Å². The topological polar surface area (TPSA) is 150 Å². The number of rotatable bonds is 9. The number of aryl methyl sites for hydroxylation is 2. The fourth-order valence-electron chi connectivity index (χ4n) is 9.54. The van der Waals surface area contributed by atoms with Crippen molar-refractivity contribution in [2.24, 2.45) is 36.1 Å². The summed E-state index contributed by atoms with van der Waals surface area (Å²) >= 11 is 7.82. The normalized spacial score (nSPS) is 26.4. The number of phenolic OH excluding ortho intramolecular Hbond substituents is 1. The van der Waals surface area contributed by atoms with Gasteiger partial charge in [-0.1, -0.05) is 35.7 Å². The third-order valence-corrected chi connectivity index (χ3v) is 13.7. The molecule has 4 amide bonds. The van der Waals surface area contributed by atoms with Crippen LogP contribution in [0.15, 0.2) is 54.1 Å². The SMILES string of the molecule is Cc1c(-c2cc(N3C(=O)C4CC5C(=CCC6C(=O)N(CCCCCC(=O)O)C(=O)C65)C(c5ccc(O)c(F)c5)C4(C)C3=O)n(C)n2)sc2ccc(Cl)cc12. The van der Waals surface area contributed by atoms with Crippen molar-refractivity contribution in [1.82, 2.24) is 14.7 Å². The van der Waals surface area contributed by atoms with E-state index >= 15 is 4.39 Å². The molecule has 0 radical (unpaired) electrons. The molecule has 8 rings (SSSR count). The Bertz CT molecular complexity index is 2330. The van der Waals surface area contributed by atoms with Crippen LogP contribution in [-0.2, 0) is 31.0 Å². The summed E-state index contributed by atoms with van der Waals surface area (Å²) in [5, 5.41) is 25.4. The van der Waals surface area contributed by atoms with E-state index in [1.165, 1.54) is 38.0 Å². The van der Waals surface area contributed by atoms with Gasteiger partial charge in [0.1, 0.15) is 11.5 Å². The Morgan fingerprint density at radius 2 is 1.81 bits per heavy atom. The van der Waals surface area contributed by atoms with E-state index in [0.29, 0.717) is 41.1 Å². The number of hydrogen-bond acceptors (Lipinski definition) is 8. The zero-order valence-electron chi connectivity index (χ0n) is 29.8. The largest absolute Gasteiger partial charge is 0.505 e. The highest BCUT2D eigenvalue weighted by Crippen LogP contribution is 2.63. The predicted octanol–water partition coefficient (Wildman–Crippen LogP) is 6.98. The van der Waals surface area contributed by atoms with Gasteiger partial charge in [-0.05, 0) is 92.3 Å². The number of aromatic hydroxyl groups is 1. The number of carbonyl (C=O) groups excluding carboxylic acids is 4. The van der Waals surface area contributed by atoms with Crippen LogP contribution in [0, 0.1) is 41.8 Å². The van der Waals surface area contributed by atoms with Gasteiger partial charge in [-0.25, -0.2) is 9.29 Å². The summed E-state index contributed by atoms with van der Waals surface area (Å²) in [6.07, 6.45) is 3.71. The summed E-state index contributed by atoms with van der Waals surface area (Å²) < 4.78 is 17.6. The van der Waals surface area contributed by atoms with Crippen LogP contribution < -0.4 is 4.90 Å². The maximum Gasteiger partial charge on any atom is 0.303 e. The van der Waals surface area contributed by atoms with Gasteiger partial charge in [0.25, 0.3) is 0 Å². The molecule has 0 spiro atoms. The number of fused-ring (bicyclic) bond motifs is 5. The number of halogens is 2. The number of unbranched alkanes of at least 4 members (excludes halogenated alkanes) is 2. The molecular formula is C40H38ClFN4O7S. The van der Waals surface area contributed by atoms with Crippen molar-refractivity contribution in [1.29, 1.82) is 0 Å².